The molecule has 21 heavy (non-hydrogen) atoms. The van der Waals surface area contributed by atoms with Gasteiger partial charge in [0.05, 0.1) is 0 Å². The normalized spacial score (nSPS) is 24.9. The fraction of sp³-hybridized carbons (Fsp3) is 0.684. The Labute approximate surface area is 130 Å². The van der Waals surface area contributed by atoms with E-state index < -0.39 is 0 Å². The minimum absolute atomic E-state index is 0.487. The van der Waals surface area contributed by atoms with Gasteiger partial charge in [0.1, 0.15) is 0 Å². The monoisotopic (exact) mass is 288 g/mol. The molecule has 118 valence electrons. The van der Waals surface area contributed by atoms with Gasteiger partial charge in [-0.1, -0.05) is 62.9 Å². The highest BCUT2D eigenvalue weighted by Crippen LogP contribution is 2.23. The number of hydrogen-bond acceptors (Lipinski definition) is 2. The van der Waals surface area contributed by atoms with Gasteiger partial charge in [-0.25, -0.2) is 0 Å². The molecule has 3 atom stereocenters. The van der Waals surface area contributed by atoms with Crippen LogP contribution in [0.15, 0.2) is 30.3 Å². The number of unbranched alkanes of at least 4 members (excludes halogenated alkanes) is 3. The third-order valence-electron chi connectivity index (χ3n) is 4.86. The van der Waals surface area contributed by atoms with Crippen LogP contribution in [0.25, 0.3) is 0 Å². The molecule has 2 heteroatoms. The third kappa shape index (κ3) is 4.82. The molecule has 0 saturated carbocycles. The summed E-state index contributed by atoms with van der Waals surface area (Å²) < 4.78 is 0. The van der Waals surface area contributed by atoms with Gasteiger partial charge < -0.3 is 5.32 Å². The Bertz CT molecular complexity index is 390. The first kappa shape index (κ1) is 16.5. The number of rotatable bonds is 7. The van der Waals surface area contributed by atoms with Crippen LogP contribution in [0.3, 0.4) is 0 Å². The molecule has 0 amide bonds. The summed E-state index contributed by atoms with van der Waals surface area (Å²) in [5, 5.41) is 3.70. The SMILES string of the molecule is CCCCCCC(C)N1CC(c2ccccc2)NCC1C. The van der Waals surface area contributed by atoms with Gasteiger partial charge in [-0.15, -0.1) is 0 Å². The molecule has 0 aromatic heterocycles. The summed E-state index contributed by atoms with van der Waals surface area (Å²) in [5.74, 6) is 0. The van der Waals surface area contributed by atoms with Gasteiger partial charge in [-0.3, -0.25) is 4.90 Å². The van der Waals surface area contributed by atoms with Crippen molar-refractivity contribution in [2.45, 2.75) is 71.0 Å². The van der Waals surface area contributed by atoms with Crippen molar-refractivity contribution in [2.24, 2.45) is 0 Å². The van der Waals surface area contributed by atoms with E-state index in [9.17, 15) is 0 Å². The highest BCUT2D eigenvalue weighted by Gasteiger charge is 2.28. The molecule has 1 fully saturated rings. The fourth-order valence-corrected chi connectivity index (χ4v) is 3.44. The molecule has 1 aliphatic rings. The van der Waals surface area contributed by atoms with Crippen molar-refractivity contribution in [3.63, 3.8) is 0 Å². The molecule has 0 bridgehead atoms. The van der Waals surface area contributed by atoms with Crippen LogP contribution >= 0.6 is 0 Å². The Morgan fingerprint density at radius 1 is 1.19 bits per heavy atom. The molecule has 2 nitrogen and oxygen atoms in total. The summed E-state index contributed by atoms with van der Waals surface area (Å²) in [5.41, 5.74) is 1.42. The lowest BCUT2D eigenvalue weighted by atomic mass is 9.99. The molecule has 2 rings (SSSR count). The van der Waals surface area contributed by atoms with E-state index >= 15 is 0 Å². The van der Waals surface area contributed by atoms with Crippen LogP contribution < -0.4 is 5.32 Å². The molecular formula is C19H32N2. The smallest absolute Gasteiger partial charge is 0.0450 e. The van der Waals surface area contributed by atoms with Crippen LogP contribution in [0.1, 0.15) is 64.5 Å². The maximum Gasteiger partial charge on any atom is 0.0450 e. The lowest BCUT2D eigenvalue weighted by Crippen LogP contribution is -2.54. The molecule has 0 radical (unpaired) electrons. The van der Waals surface area contributed by atoms with Crippen LogP contribution in [0, 0.1) is 0 Å². The van der Waals surface area contributed by atoms with E-state index in [1.807, 2.05) is 0 Å². The minimum Gasteiger partial charge on any atom is -0.307 e. The first-order chi connectivity index (χ1) is 10.2. The van der Waals surface area contributed by atoms with Crippen LogP contribution in [0.2, 0.25) is 0 Å². The molecule has 1 saturated heterocycles. The van der Waals surface area contributed by atoms with Crippen LogP contribution in [0.5, 0.6) is 0 Å². The Hall–Kier alpha value is -0.860. The van der Waals surface area contributed by atoms with Gasteiger partial charge in [-0.2, -0.15) is 0 Å². The zero-order valence-electron chi connectivity index (χ0n) is 14.0. The number of nitrogens with zero attached hydrogens (tertiary/aromatic N) is 1. The predicted molar refractivity (Wildman–Crippen MR) is 91.6 cm³/mol. The molecular weight excluding hydrogens is 256 g/mol. The van der Waals surface area contributed by atoms with Gasteiger partial charge in [0.2, 0.25) is 0 Å². The summed E-state index contributed by atoms with van der Waals surface area (Å²) in [4.78, 5) is 2.71. The zero-order valence-corrected chi connectivity index (χ0v) is 14.0. The van der Waals surface area contributed by atoms with Crippen molar-refractivity contribution in [3.8, 4) is 0 Å². The summed E-state index contributed by atoms with van der Waals surface area (Å²) in [6, 6.07) is 12.7. The van der Waals surface area contributed by atoms with Crippen LogP contribution in [-0.2, 0) is 0 Å². The number of hydrogen-bond donors (Lipinski definition) is 1. The van der Waals surface area contributed by atoms with Gasteiger partial charge in [0.25, 0.3) is 0 Å². The molecule has 0 spiro atoms. The number of piperazine rings is 1. The van der Waals surface area contributed by atoms with Crippen molar-refractivity contribution in [1.29, 1.82) is 0 Å². The molecule has 1 heterocycles. The van der Waals surface area contributed by atoms with E-state index in [-0.39, 0.29) is 0 Å². The minimum atomic E-state index is 0.487. The van der Waals surface area contributed by atoms with Gasteiger partial charge in [-0.05, 0) is 25.8 Å². The molecule has 1 N–H and O–H groups in total. The van der Waals surface area contributed by atoms with E-state index in [0.29, 0.717) is 18.1 Å². The van der Waals surface area contributed by atoms with E-state index in [1.165, 1.54) is 37.7 Å². The Morgan fingerprint density at radius 3 is 2.67 bits per heavy atom. The number of benzene rings is 1. The highest BCUT2D eigenvalue weighted by atomic mass is 15.2. The molecule has 1 aromatic rings. The topological polar surface area (TPSA) is 15.3 Å². The van der Waals surface area contributed by atoms with Crippen molar-refractivity contribution < 1.29 is 0 Å². The maximum absolute atomic E-state index is 3.70. The Kier molecular flexibility index (Phi) is 6.72. The average molecular weight is 288 g/mol. The zero-order chi connectivity index (χ0) is 15.1. The van der Waals surface area contributed by atoms with E-state index in [1.54, 1.807) is 0 Å². The molecule has 0 aliphatic carbocycles. The van der Waals surface area contributed by atoms with E-state index in [4.69, 9.17) is 0 Å². The summed E-state index contributed by atoms with van der Waals surface area (Å²) in [6.45, 7) is 9.29. The van der Waals surface area contributed by atoms with Gasteiger partial charge in [0, 0.05) is 31.2 Å². The van der Waals surface area contributed by atoms with Gasteiger partial charge in [0.15, 0.2) is 0 Å². The van der Waals surface area contributed by atoms with E-state index in [2.05, 4.69) is 61.3 Å². The van der Waals surface area contributed by atoms with Crippen LogP contribution in [0.4, 0.5) is 0 Å². The molecule has 1 aliphatic heterocycles. The Balaban J connectivity index is 1.88. The molecule has 1 aromatic carbocycles. The lowest BCUT2D eigenvalue weighted by Gasteiger charge is -2.42. The predicted octanol–water partition coefficient (Wildman–Crippen LogP) is 4.38. The second-order valence-electron chi connectivity index (χ2n) is 6.62. The second kappa shape index (κ2) is 8.55. The van der Waals surface area contributed by atoms with Crippen molar-refractivity contribution in [1.82, 2.24) is 10.2 Å². The quantitative estimate of drug-likeness (QED) is 0.749. The first-order valence-electron chi connectivity index (χ1n) is 8.76. The summed E-state index contributed by atoms with van der Waals surface area (Å²) in [7, 11) is 0. The second-order valence-corrected chi connectivity index (χ2v) is 6.62. The average Bonchev–Trinajstić information content (AvgIpc) is 2.52. The summed E-state index contributed by atoms with van der Waals surface area (Å²) >= 11 is 0. The van der Waals surface area contributed by atoms with Crippen molar-refractivity contribution >= 4 is 0 Å². The molecule has 3 unspecified atom stereocenters. The van der Waals surface area contributed by atoms with Crippen molar-refractivity contribution in [3.05, 3.63) is 35.9 Å². The van der Waals surface area contributed by atoms with Gasteiger partial charge >= 0.3 is 0 Å². The Morgan fingerprint density at radius 2 is 1.95 bits per heavy atom. The third-order valence-corrected chi connectivity index (χ3v) is 4.86. The standard InChI is InChI=1S/C19H32N2/c1-4-5-6-8-11-16(2)21-15-19(20-14-17(21)3)18-12-9-7-10-13-18/h7,9-10,12-13,16-17,19-20H,4-6,8,11,14-15H2,1-3H3. The fourth-order valence-electron chi connectivity index (χ4n) is 3.44. The van der Waals surface area contributed by atoms with Crippen LogP contribution in [-0.4, -0.2) is 30.1 Å². The van der Waals surface area contributed by atoms with Crippen molar-refractivity contribution in [2.75, 3.05) is 13.1 Å². The number of nitrogens with one attached hydrogen (secondary N) is 1. The lowest BCUT2D eigenvalue weighted by molar-refractivity contribution is 0.0928. The maximum atomic E-state index is 3.70. The largest absolute Gasteiger partial charge is 0.307 e. The highest BCUT2D eigenvalue weighted by molar-refractivity contribution is 5.20. The summed E-state index contributed by atoms with van der Waals surface area (Å²) in [6.07, 6.45) is 6.82. The first-order valence-corrected chi connectivity index (χ1v) is 8.76. The van der Waals surface area contributed by atoms with E-state index in [0.717, 1.165) is 13.1 Å².